The number of halogens is 1. The van der Waals surface area contributed by atoms with Gasteiger partial charge in [-0.25, -0.2) is 4.98 Å². The van der Waals surface area contributed by atoms with Crippen molar-refractivity contribution in [2.45, 2.75) is 12.2 Å². The first-order valence-electron chi connectivity index (χ1n) is 7.77. The molecule has 0 saturated heterocycles. The highest BCUT2D eigenvalue weighted by Gasteiger charge is 2.31. The van der Waals surface area contributed by atoms with Gasteiger partial charge in [-0.15, -0.1) is 11.8 Å². The fourth-order valence-corrected chi connectivity index (χ4v) is 4.32. The summed E-state index contributed by atoms with van der Waals surface area (Å²) in [4.78, 5) is 16.5. The number of benzene rings is 1. The zero-order valence-corrected chi connectivity index (χ0v) is 15.3. The lowest BCUT2D eigenvalue weighted by molar-refractivity contribution is -0.113. The largest absolute Gasteiger partial charge is 0.308 e. The second-order valence-electron chi connectivity index (χ2n) is 5.88. The first-order valence-corrected chi connectivity index (χ1v) is 9.20. The number of fused-ring (bicyclic) bond motifs is 1. The number of carbonyl (C=O) groups excluding carboxylic acids is 1. The lowest BCUT2D eigenvalue weighted by Gasteiger charge is -2.17. The molecule has 6 nitrogen and oxygen atoms in total. The summed E-state index contributed by atoms with van der Waals surface area (Å²) < 4.78 is 3.83. The highest BCUT2D eigenvalue weighted by Crippen LogP contribution is 2.43. The van der Waals surface area contributed by atoms with Crippen molar-refractivity contribution in [2.24, 2.45) is 7.05 Å². The normalized spacial score (nSPS) is 17.1. The molecule has 3 heterocycles. The molecule has 8 heteroatoms. The predicted octanol–water partition coefficient (Wildman–Crippen LogP) is 3.34. The Morgan fingerprint density at radius 1 is 1.40 bits per heavy atom. The Morgan fingerprint density at radius 2 is 2.24 bits per heavy atom. The molecule has 1 aliphatic rings. The Morgan fingerprint density at radius 3 is 2.96 bits per heavy atom. The second-order valence-corrected chi connectivity index (χ2v) is 7.41. The van der Waals surface area contributed by atoms with Crippen LogP contribution in [0.1, 0.15) is 22.2 Å². The van der Waals surface area contributed by atoms with Crippen molar-refractivity contribution in [2.75, 3.05) is 11.1 Å². The van der Waals surface area contributed by atoms with Gasteiger partial charge in [-0.1, -0.05) is 17.7 Å². The Balaban J connectivity index is 1.91. The van der Waals surface area contributed by atoms with Crippen LogP contribution in [0.4, 0.5) is 5.82 Å². The van der Waals surface area contributed by atoms with Gasteiger partial charge in [0.2, 0.25) is 5.91 Å². The summed E-state index contributed by atoms with van der Waals surface area (Å²) in [5.74, 6) is 0.903. The lowest BCUT2D eigenvalue weighted by Crippen LogP contribution is -2.12. The van der Waals surface area contributed by atoms with Crippen LogP contribution in [-0.2, 0) is 11.8 Å². The Hall–Kier alpha value is -2.25. The van der Waals surface area contributed by atoms with E-state index in [0.29, 0.717) is 16.6 Å². The number of nitrogens with one attached hydrogen (secondary N) is 1. The van der Waals surface area contributed by atoms with Gasteiger partial charge in [-0.05, 0) is 25.1 Å². The molecule has 0 spiro atoms. The van der Waals surface area contributed by atoms with E-state index in [-0.39, 0.29) is 11.2 Å². The number of rotatable bonds is 2. The van der Waals surface area contributed by atoms with Gasteiger partial charge in [0.25, 0.3) is 0 Å². The summed E-state index contributed by atoms with van der Waals surface area (Å²) in [5, 5.41) is 7.86. The van der Waals surface area contributed by atoms with E-state index in [1.165, 1.54) is 0 Å². The van der Waals surface area contributed by atoms with Crippen LogP contribution in [0.2, 0.25) is 5.02 Å². The van der Waals surface area contributed by atoms with Crippen LogP contribution in [0.15, 0.2) is 36.8 Å². The maximum Gasteiger partial charge on any atom is 0.235 e. The summed E-state index contributed by atoms with van der Waals surface area (Å²) in [6.45, 7) is 2.03. The van der Waals surface area contributed by atoms with Crippen molar-refractivity contribution in [1.82, 2.24) is 19.3 Å². The Bertz CT molecular complexity index is 964. The molecule has 1 amide bonds. The molecule has 25 heavy (non-hydrogen) atoms. The van der Waals surface area contributed by atoms with Crippen LogP contribution in [0.3, 0.4) is 0 Å². The molecule has 1 aliphatic heterocycles. The number of aromatic nitrogens is 4. The molecule has 1 unspecified atom stereocenters. The monoisotopic (exact) mass is 373 g/mol. The number of anilines is 1. The van der Waals surface area contributed by atoms with Crippen molar-refractivity contribution >= 4 is 35.1 Å². The summed E-state index contributed by atoms with van der Waals surface area (Å²) in [7, 11) is 1.92. The molecule has 3 aromatic rings. The Kier molecular flexibility index (Phi) is 4.05. The van der Waals surface area contributed by atoms with Crippen LogP contribution >= 0.6 is 23.4 Å². The molecule has 1 N–H and O–H groups in total. The molecule has 0 saturated carbocycles. The molecule has 0 aliphatic carbocycles. The van der Waals surface area contributed by atoms with Crippen LogP contribution in [0.25, 0.3) is 5.69 Å². The number of hydrogen-bond donors (Lipinski definition) is 1. The van der Waals surface area contributed by atoms with Crippen LogP contribution < -0.4 is 5.32 Å². The summed E-state index contributed by atoms with van der Waals surface area (Å²) in [5.41, 5.74) is 3.98. The van der Waals surface area contributed by atoms with Gasteiger partial charge in [-0.3, -0.25) is 14.0 Å². The number of carbonyl (C=O) groups is 1. The summed E-state index contributed by atoms with van der Waals surface area (Å²) in [6.07, 6.45) is 3.59. The van der Waals surface area contributed by atoms with Crippen molar-refractivity contribution in [3.05, 3.63) is 58.8 Å². The maximum absolute atomic E-state index is 12.1. The molecule has 1 aromatic carbocycles. The molecular weight excluding hydrogens is 358 g/mol. The van der Waals surface area contributed by atoms with Gasteiger partial charge < -0.3 is 5.32 Å². The average molecular weight is 374 g/mol. The minimum absolute atomic E-state index is 0.0494. The van der Waals surface area contributed by atoms with E-state index in [2.05, 4.69) is 15.4 Å². The third-order valence-corrected chi connectivity index (χ3v) is 5.81. The van der Waals surface area contributed by atoms with Gasteiger partial charge in [0.15, 0.2) is 5.82 Å². The van der Waals surface area contributed by atoms with Gasteiger partial charge in [0.05, 0.1) is 22.9 Å². The molecule has 128 valence electrons. The van der Waals surface area contributed by atoms with Gasteiger partial charge in [0, 0.05) is 29.0 Å². The molecule has 2 aromatic heterocycles. The highest BCUT2D eigenvalue weighted by molar-refractivity contribution is 8.00. The van der Waals surface area contributed by atoms with Crippen molar-refractivity contribution in [3.8, 4) is 5.69 Å². The molecule has 0 fully saturated rings. The predicted molar refractivity (Wildman–Crippen MR) is 99.4 cm³/mol. The fourth-order valence-electron chi connectivity index (χ4n) is 2.95. The van der Waals surface area contributed by atoms with Crippen LogP contribution in [0, 0.1) is 6.92 Å². The Labute approximate surface area is 154 Å². The summed E-state index contributed by atoms with van der Waals surface area (Å²) in [6, 6.07) is 7.59. The lowest BCUT2D eigenvalue weighted by atomic mass is 10.1. The number of amides is 1. The molecule has 4 rings (SSSR count). The second kappa shape index (κ2) is 6.24. The number of aryl methyl sites for hydroxylation is 1. The molecule has 0 bridgehead atoms. The summed E-state index contributed by atoms with van der Waals surface area (Å²) >= 11 is 7.73. The van der Waals surface area contributed by atoms with E-state index in [1.54, 1.807) is 18.1 Å². The van der Waals surface area contributed by atoms with Crippen molar-refractivity contribution in [3.63, 3.8) is 0 Å². The maximum atomic E-state index is 12.1. The van der Waals surface area contributed by atoms with E-state index in [4.69, 9.17) is 11.6 Å². The van der Waals surface area contributed by atoms with E-state index < -0.39 is 0 Å². The number of imidazole rings is 1. The fraction of sp³-hybridized carbons (Fsp3) is 0.235. The standard InChI is InChI=1S/C17H16ClN5OS/c1-10-13(7-20-22(10)2)16-15-17(21-14(24)8-25-16)19-9-23(15)12-5-3-4-11(18)6-12/h3-7,9,16H,8H2,1-2H3,(H,21,24). The minimum atomic E-state index is -0.0517. The van der Waals surface area contributed by atoms with Gasteiger partial charge in [0.1, 0.15) is 6.33 Å². The molecule has 1 atom stereocenters. The van der Waals surface area contributed by atoms with Gasteiger partial charge in [-0.2, -0.15) is 5.10 Å². The zero-order valence-electron chi connectivity index (χ0n) is 13.7. The highest BCUT2D eigenvalue weighted by atomic mass is 35.5. The quantitative estimate of drug-likeness (QED) is 0.748. The van der Waals surface area contributed by atoms with Crippen molar-refractivity contribution < 1.29 is 4.79 Å². The number of nitrogens with zero attached hydrogens (tertiary/aromatic N) is 4. The topological polar surface area (TPSA) is 64.7 Å². The van der Waals surface area contributed by atoms with Crippen LogP contribution in [-0.4, -0.2) is 31.0 Å². The van der Waals surface area contributed by atoms with Crippen molar-refractivity contribution in [1.29, 1.82) is 0 Å². The number of thioether (sulfide) groups is 1. The minimum Gasteiger partial charge on any atom is -0.308 e. The first kappa shape index (κ1) is 16.2. The third-order valence-electron chi connectivity index (χ3n) is 4.33. The van der Waals surface area contributed by atoms with Gasteiger partial charge >= 0.3 is 0 Å². The van der Waals surface area contributed by atoms with E-state index in [0.717, 1.165) is 22.6 Å². The SMILES string of the molecule is Cc1c(C2SCC(=O)Nc3ncn(-c4cccc(Cl)c4)c32)cnn1C. The van der Waals surface area contributed by atoms with E-state index in [1.807, 2.05) is 53.7 Å². The third kappa shape index (κ3) is 2.83. The molecule has 0 radical (unpaired) electrons. The zero-order chi connectivity index (χ0) is 17.6. The van der Waals surface area contributed by atoms with E-state index >= 15 is 0 Å². The first-order chi connectivity index (χ1) is 12.0. The average Bonchev–Trinajstić information content (AvgIpc) is 3.09. The smallest absolute Gasteiger partial charge is 0.235 e. The molecular formula is C17H16ClN5OS. The van der Waals surface area contributed by atoms with E-state index in [9.17, 15) is 4.79 Å². The number of hydrogen-bond acceptors (Lipinski definition) is 4. The van der Waals surface area contributed by atoms with Crippen LogP contribution in [0.5, 0.6) is 0 Å².